The van der Waals surface area contributed by atoms with E-state index < -0.39 is 33.5 Å². The number of hydrogen-bond donors (Lipinski definition) is 0. The molecule has 0 radical (unpaired) electrons. The van der Waals surface area contributed by atoms with Crippen molar-refractivity contribution < 1.29 is 24.7 Å². The molecule has 1 aliphatic carbocycles. The lowest BCUT2D eigenvalue weighted by Gasteiger charge is -2.34. The van der Waals surface area contributed by atoms with Crippen LogP contribution in [0.5, 0.6) is 0 Å². The second-order valence-corrected chi connectivity index (χ2v) is 3.53. The maximum Gasteiger partial charge on any atom is 0.275 e. The van der Waals surface area contributed by atoms with Gasteiger partial charge in [-0.1, -0.05) is 6.08 Å². The molecular formula is C9H7NO6-2. The number of nitrogens with zero attached hydrogens (tertiary/aromatic N) is 1. The Morgan fingerprint density at radius 1 is 1.44 bits per heavy atom. The van der Waals surface area contributed by atoms with Gasteiger partial charge in [0.1, 0.15) is 0 Å². The molecule has 1 unspecified atom stereocenters. The monoisotopic (exact) mass is 225 g/mol. The minimum absolute atomic E-state index is 0.185. The van der Waals surface area contributed by atoms with Gasteiger partial charge in [0, 0.05) is 11.5 Å². The van der Waals surface area contributed by atoms with Crippen molar-refractivity contribution in [2.75, 3.05) is 0 Å². The second-order valence-electron chi connectivity index (χ2n) is 3.53. The van der Waals surface area contributed by atoms with Crippen molar-refractivity contribution >= 4 is 11.9 Å². The first-order valence-corrected chi connectivity index (χ1v) is 4.29. The van der Waals surface area contributed by atoms with E-state index in [1.165, 1.54) is 6.08 Å². The highest BCUT2D eigenvalue weighted by Crippen LogP contribution is 2.36. The molecule has 1 aliphatic rings. The maximum atomic E-state index is 10.9. The normalized spacial score (nSPS) is 24.3. The van der Waals surface area contributed by atoms with E-state index in [1.54, 1.807) is 0 Å². The number of allylic oxidation sites excluding steroid dienone is 2. The first-order chi connectivity index (χ1) is 7.30. The third-order valence-corrected chi connectivity index (χ3v) is 2.46. The minimum atomic E-state index is -1.93. The summed E-state index contributed by atoms with van der Waals surface area (Å²) in [4.78, 5) is 31.3. The van der Waals surface area contributed by atoms with Crippen LogP contribution in [0.3, 0.4) is 0 Å². The standard InChI is InChI=1S/C9H9NO6/c1-9(8(13)14)4-2-3-5(10(15)16)6(9)7(11)12/h2-3H,4H2,1H3,(H,11,12)(H,13,14)/p-2. The van der Waals surface area contributed by atoms with Crippen molar-refractivity contribution in [1.82, 2.24) is 0 Å². The zero-order valence-electron chi connectivity index (χ0n) is 8.26. The van der Waals surface area contributed by atoms with Crippen LogP contribution in [-0.2, 0) is 9.59 Å². The highest BCUT2D eigenvalue weighted by atomic mass is 16.6. The van der Waals surface area contributed by atoms with Gasteiger partial charge in [0.25, 0.3) is 5.70 Å². The molecule has 7 nitrogen and oxygen atoms in total. The van der Waals surface area contributed by atoms with Gasteiger partial charge in [-0.3, -0.25) is 10.1 Å². The Balaban J connectivity index is 3.48. The molecule has 0 N–H and O–H groups in total. The van der Waals surface area contributed by atoms with E-state index in [9.17, 15) is 29.9 Å². The van der Waals surface area contributed by atoms with E-state index >= 15 is 0 Å². The average molecular weight is 225 g/mol. The van der Waals surface area contributed by atoms with Crippen molar-refractivity contribution in [3.63, 3.8) is 0 Å². The summed E-state index contributed by atoms with van der Waals surface area (Å²) >= 11 is 0. The van der Waals surface area contributed by atoms with Gasteiger partial charge in [-0.05, 0) is 13.3 Å². The molecule has 0 aromatic rings. The molecule has 0 bridgehead atoms. The number of carboxylic acids is 2. The largest absolute Gasteiger partial charge is 0.549 e. The Hall–Kier alpha value is -2.18. The fourth-order valence-electron chi connectivity index (χ4n) is 1.54. The van der Waals surface area contributed by atoms with Crippen molar-refractivity contribution in [1.29, 1.82) is 0 Å². The summed E-state index contributed by atoms with van der Waals surface area (Å²) in [5, 5.41) is 32.2. The lowest BCUT2D eigenvalue weighted by Crippen LogP contribution is -2.47. The van der Waals surface area contributed by atoms with Gasteiger partial charge in [-0.2, -0.15) is 0 Å². The molecule has 16 heavy (non-hydrogen) atoms. The summed E-state index contributed by atoms with van der Waals surface area (Å²) in [7, 11) is 0. The number of carbonyl (C=O) groups excluding carboxylic acids is 2. The number of nitro groups is 1. The van der Waals surface area contributed by atoms with Crippen LogP contribution in [0.4, 0.5) is 0 Å². The molecule has 86 valence electrons. The molecule has 0 amide bonds. The van der Waals surface area contributed by atoms with E-state index in [4.69, 9.17) is 0 Å². The van der Waals surface area contributed by atoms with Gasteiger partial charge in [0.15, 0.2) is 0 Å². The van der Waals surface area contributed by atoms with Crippen LogP contribution in [0.15, 0.2) is 23.4 Å². The van der Waals surface area contributed by atoms with Crippen molar-refractivity contribution in [3.8, 4) is 0 Å². The van der Waals surface area contributed by atoms with E-state index in [0.29, 0.717) is 0 Å². The lowest BCUT2D eigenvalue weighted by atomic mass is 9.75. The average Bonchev–Trinajstić information content (AvgIpc) is 2.16. The van der Waals surface area contributed by atoms with Crippen molar-refractivity contribution in [2.24, 2.45) is 5.41 Å². The lowest BCUT2D eigenvalue weighted by molar-refractivity contribution is -0.422. The Bertz CT molecular complexity index is 435. The zero-order valence-corrected chi connectivity index (χ0v) is 8.26. The number of aliphatic carboxylic acids is 2. The van der Waals surface area contributed by atoms with Crippen LogP contribution in [0.25, 0.3) is 0 Å². The summed E-state index contributed by atoms with van der Waals surface area (Å²) < 4.78 is 0. The molecule has 7 heteroatoms. The molecule has 0 spiro atoms. The van der Waals surface area contributed by atoms with Gasteiger partial charge < -0.3 is 19.8 Å². The topological polar surface area (TPSA) is 123 Å². The molecule has 0 fully saturated rings. The molecular weight excluding hydrogens is 218 g/mol. The third-order valence-electron chi connectivity index (χ3n) is 2.46. The van der Waals surface area contributed by atoms with Gasteiger partial charge in [0.2, 0.25) is 0 Å². The van der Waals surface area contributed by atoms with Crippen LogP contribution in [0.2, 0.25) is 0 Å². The van der Waals surface area contributed by atoms with Crippen LogP contribution in [0.1, 0.15) is 13.3 Å². The SMILES string of the molecule is CC1(C(=O)[O-])CC=CC([N+](=O)[O-])=C1C(=O)[O-]. The van der Waals surface area contributed by atoms with Crippen LogP contribution < -0.4 is 10.2 Å². The molecule has 0 aromatic carbocycles. The Labute approximate surface area is 89.8 Å². The summed E-state index contributed by atoms with van der Waals surface area (Å²) in [5.74, 6) is -3.56. The summed E-state index contributed by atoms with van der Waals surface area (Å²) in [6, 6.07) is 0. The van der Waals surface area contributed by atoms with E-state index in [1.807, 2.05) is 0 Å². The first-order valence-electron chi connectivity index (χ1n) is 4.29. The Morgan fingerprint density at radius 2 is 2.00 bits per heavy atom. The molecule has 0 saturated heterocycles. The van der Waals surface area contributed by atoms with E-state index in [2.05, 4.69) is 0 Å². The van der Waals surface area contributed by atoms with Gasteiger partial charge >= 0.3 is 0 Å². The molecule has 0 aliphatic heterocycles. The Morgan fingerprint density at radius 3 is 2.38 bits per heavy atom. The van der Waals surface area contributed by atoms with Crippen molar-refractivity contribution in [2.45, 2.75) is 13.3 Å². The van der Waals surface area contributed by atoms with Gasteiger partial charge in [-0.15, -0.1) is 0 Å². The van der Waals surface area contributed by atoms with Gasteiger partial charge in [0.05, 0.1) is 22.4 Å². The second kappa shape index (κ2) is 3.76. The highest BCUT2D eigenvalue weighted by Gasteiger charge is 2.39. The smallest absolute Gasteiger partial charge is 0.275 e. The fourth-order valence-corrected chi connectivity index (χ4v) is 1.54. The van der Waals surface area contributed by atoms with E-state index in [0.717, 1.165) is 13.0 Å². The maximum absolute atomic E-state index is 10.9. The zero-order chi connectivity index (χ0) is 12.5. The predicted molar refractivity (Wildman–Crippen MR) is 45.9 cm³/mol. The van der Waals surface area contributed by atoms with Crippen LogP contribution in [0, 0.1) is 15.5 Å². The number of hydrogen-bond acceptors (Lipinski definition) is 6. The highest BCUT2D eigenvalue weighted by molar-refractivity contribution is 5.96. The first kappa shape index (κ1) is 11.9. The molecule has 0 saturated carbocycles. The predicted octanol–water partition coefficient (Wildman–Crippen LogP) is -2.02. The quantitative estimate of drug-likeness (QED) is 0.403. The van der Waals surface area contributed by atoms with Crippen LogP contribution >= 0.6 is 0 Å². The fraction of sp³-hybridized carbons (Fsp3) is 0.333. The van der Waals surface area contributed by atoms with Crippen LogP contribution in [-0.4, -0.2) is 16.9 Å². The number of carboxylic acid groups (broad SMARTS) is 2. The summed E-state index contributed by atoms with van der Waals surface area (Å²) in [6.45, 7) is 1.06. The molecule has 0 aromatic heterocycles. The number of carbonyl (C=O) groups is 2. The molecule has 0 heterocycles. The third kappa shape index (κ3) is 1.67. The summed E-state index contributed by atoms with van der Waals surface area (Å²) in [5.41, 5.74) is -3.58. The minimum Gasteiger partial charge on any atom is -0.549 e. The van der Waals surface area contributed by atoms with Crippen molar-refractivity contribution in [3.05, 3.63) is 33.5 Å². The van der Waals surface area contributed by atoms with E-state index in [-0.39, 0.29) is 6.42 Å². The molecule has 1 atom stereocenters. The summed E-state index contributed by atoms with van der Waals surface area (Å²) in [6.07, 6.45) is 1.99. The molecule has 1 rings (SSSR count). The number of rotatable bonds is 3. The van der Waals surface area contributed by atoms with Gasteiger partial charge in [-0.25, -0.2) is 0 Å². The Kier molecular flexibility index (Phi) is 2.80.